The summed E-state index contributed by atoms with van der Waals surface area (Å²) in [5.41, 5.74) is 9.86. The number of carbonyl (C=O) groups excluding carboxylic acids is 2. The Morgan fingerprint density at radius 1 is 1.26 bits per heavy atom. The molecule has 0 saturated heterocycles. The number of rotatable bonds is 7. The number of aromatic nitrogens is 3. The van der Waals surface area contributed by atoms with Crippen molar-refractivity contribution in [2.24, 2.45) is 10.9 Å². The number of nitrogens with zero attached hydrogens (tertiary/aromatic N) is 4. The normalized spacial score (nSPS) is 15.6. The molecule has 0 saturated carbocycles. The van der Waals surface area contributed by atoms with E-state index in [-0.39, 0.29) is 3.79 Å². The number of nitrogens with one attached hydrogen (secondary N) is 1. The molecule has 11 heteroatoms. The SMILES string of the molecule is [B][I-]C(=O)C(CC)C1N=C(c2ccc(NC(=O)C(=C)F)cc2)c2c(sc(C)c2C)-n2c(C)nnc21. The minimum absolute atomic E-state index is 0.0225. The Morgan fingerprint density at radius 2 is 1.94 bits per heavy atom. The fraction of sp³-hybridized carbons (Fsp3) is 0.292. The molecule has 2 unspecified atom stereocenters. The van der Waals surface area contributed by atoms with E-state index in [2.05, 4.69) is 35.9 Å². The maximum atomic E-state index is 13.1. The van der Waals surface area contributed by atoms with Crippen LogP contribution in [0.4, 0.5) is 10.1 Å². The molecule has 1 aliphatic heterocycles. The quantitative estimate of drug-likeness (QED) is 0.191. The Bertz CT molecular complexity index is 1360. The molecule has 1 N–H and O–H groups in total. The van der Waals surface area contributed by atoms with Crippen molar-refractivity contribution in [2.75, 3.05) is 5.32 Å². The molecule has 1 aliphatic rings. The van der Waals surface area contributed by atoms with Crippen LogP contribution in [0, 0.1) is 26.7 Å². The first-order valence-corrected chi connectivity index (χ1v) is 14.1. The zero-order chi connectivity index (χ0) is 25.4. The average molecular weight is 602 g/mol. The fourth-order valence-corrected chi connectivity index (χ4v) is 6.57. The van der Waals surface area contributed by atoms with Crippen LogP contribution in [0.2, 0.25) is 0 Å². The zero-order valence-electron chi connectivity index (χ0n) is 19.7. The molecule has 35 heavy (non-hydrogen) atoms. The van der Waals surface area contributed by atoms with E-state index >= 15 is 0 Å². The van der Waals surface area contributed by atoms with Gasteiger partial charge < -0.3 is 0 Å². The third kappa shape index (κ3) is 4.63. The summed E-state index contributed by atoms with van der Waals surface area (Å²) in [5, 5.41) is 12.2. The Morgan fingerprint density at radius 3 is 2.54 bits per heavy atom. The van der Waals surface area contributed by atoms with E-state index in [4.69, 9.17) is 10.7 Å². The number of carbonyl (C=O) groups is 2. The molecule has 3 heterocycles. The van der Waals surface area contributed by atoms with Gasteiger partial charge in [0.25, 0.3) is 0 Å². The van der Waals surface area contributed by atoms with Crippen LogP contribution in [0.25, 0.3) is 5.00 Å². The number of hydrogen-bond donors (Lipinski definition) is 1. The van der Waals surface area contributed by atoms with Gasteiger partial charge in [0, 0.05) is 0 Å². The molecule has 0 aliphatic carbocycles. The van der Waals surface area contributed by atoms with Crippen molar-refractivity contribution < 1.29 is 35.0 Å². The van der Waals surface area contributed by atoms with Gasteiger partial charge in [-0.1, -0.05) is 6.58 Å². The van der Waals surface area contributed by atoms with Crippen molar-refractivity contribution in [3.8, 4) is 5.00 Å². The van der Waals surface area contributed by atoms with E-state index in [1.165, 1.54) is 0 Å². The summed E-state index contributed by atoms with van der Waals surface area (Å²) >= 11 is 0.521. The predicted molar refractivity (Wildman–Crippen MR) is 132 cm³/mol. The molecule has 2 radical (unpaired) electrons. The molecular formula is C24H23BFIN5O2S-. The molecule has 1 amide bonds. The number of hydrogen-bond acceptors (Lipinski definition) is 6. The van der Waals surface area contributed by atoms with Gasteiger partial charge in [-0.15, -0.1) is 0 Å². The van der Waals surface area contributed by atoms with Crippen molar-refractivity contribution in [1.29, 1.82) is 0 Å². The summed E-state index contributed by atoms with van der Waals surface area (Å²) < 4.78 is 15.1. The van der Waals surface area contributed by atoms with Crippen LogP contribution in [0.15, 0.2) is 41.7 Å². The Hall–Kier alpha value is -2.67. The maximum absolute atomic E-state index is 13.1. The second-order valence-electron chi connectivity index (χ2n) is 8.19. The van der Waals surface area contributed by atoms with Gasteiger partial charge in [0.15, 0.2) is 0 Å². The summed E-state index contributed by atoms with van der Waals surface area (Å²) in [6.07, 6.45) is 0.576. The van der Waals surface area contributed by atoms with Crippen LogP contribution in [0.1, 0.15) is 52.6 Å². The fourth-order valence-electron chi connectivity index (χ4n) is 4.12. The molecule has 1 aromatic carbocycles. The molecule has 2 atom stereocenters. The summed E-state index contributed by atoms with van der Waals surface area (Å²) in [7, 11) is 0. The molecule has 0 bridgehead atoms. The summed E-state index contributed by atoms with van der Waals surface area (Å²) in [6, 6.07) is 6.47. The number of aryl methyl sites for hydroxylation is 2. The van der Waals surface area contributed by atoms with Crippen LogP contribution >= 0.6 is 11.3 Å². The Labute approximate surface area is 218 Å². The van der Waals surface area contributed by atoms with Crippen LogP contribution in [-0.2, 0) is 9.59 Å². The Balaban J connectivity index is 1.92. The van der Waals surface area contributed by atoms with Crippen molar-refractivity contribution in [3.05, 3.63) is 69.9 Å². The standard InChI is InChI=1S/C24H23BFIN5O2S/c1-6-17(21(33)27-25)20-22-31-30-14(5)32(22)24-18(11(2)13(4)35-24)19(29-20)15-7-9-16(10-8-15)28-23(34)12(3)26/h7-10,17,20H,3,6H2,1-2,4-5H3,(H,28,34)/q-1. The minimum atomic E-state index is -1.11. The molecule has 180 valence electrons. The van der Waals surface area contributed by atoms with Gasteiger partial charge in [0.2, 0.25) is 0 Å². The topological polar surface area (TPSA) is 89.2 Å². The molecular weight excluding hydrogens is 579 g/mol. The first-order chi connectivity index (χ1) is 16.7. The first-order valence-electron chi connectivity index (χ1n) is 10.9. The number of benzene rings is 1. The first kappa shape index (κ1) is 25.4. The van der Waals surface area contributed by atoms with Gasteiger partial charge in [-0.2, -0.15) is 0 Å². The van der Waals surface area contributed by atoms with E-state index < -0.39 is 44.7 Å². The van der Waals surface area contributed by atoms with Crippen molar-refractivity contribution in [3.63, 3.8) is 0 Å². The number of aliphatic imine (C=N–C) groups is 1. The number of thiophene rings is 1. The van der Waals surface area contributed by atoms with Gasteiger partial charge in [-0.05, 0) is 0 Å². The van der Waals surface area contributed by atoms with Crippen LogP contribution in [0.3, 0.4) is 0 Å². The molecule has 4 rings (SSSR count). The van der Waals surface area contributed by atoms with Gasteiger partial charge in [-0.3, -0.25) is 0 Å². The van der Waals surface area contributed by atoms with Crippen LogP contribution < -0.4 is 26.3 Å². The van der Waals surface area contributed by atoms with Gasteiger partial charge in [0.05, 0.1) is 0 Å². The van der Waals surface area contributed by atoms with Crippen molar-refractivity contribution in [2.45, 2.75) is 40.2 Å². The number of fused-ring (bicyclic) bond motifs is 3. The number of anilines is 1. The third-order valence-corrected chi connectivity index (χ3v) is 8.68. The third-order valence-electron chi connectivity index (χ3n) is 6.07. The summed E-state index contributed by atoms with van der Waals surface area (Å²) in [6.45, 7) is 11.0. The van der Waals surface area contributed by atoms with Gasteiger partial charge in [0.1, 0.15) is 0 Å². The van der Waals surface area contributed by atoms with Crippen LogP contribution in [0.5, 0.6) is 0 Å². The molecule has 3 aromatic rings. The van der Waals surface area contributed by atoms with Crippen molar-refractivity contribution in [1.82, 2.24) is 14.8 Å². The average Bonchev–Trinajstić information content (AvgIpc) is 3.31. The molecule has 0 spiro atoms. The van der Waals surface area contributed by atoms with E-state index in [0.29, 0.717) is 17.9 Å². The van der Waals surface area contributed by atoms with Crippen molar-refractivity contribution >= 4 is 38.1 Å². The van der Waals surface area contributed by atoms with Gasteiger partial charge >= 0.3 is 208 Å². The number of halogens is 2. The second kappa shape index (κ2) is 10.1. The van der Waals surface area contributed by atoms with Crippen LogP contribution in [-0.4, -0.2) is 35.9 Å². The molecule has 7 nitrogen and oxygen atoms in total. The predicted octanol–water partition coefficient (Wildman–Crippen LogP) is 1.29. The van der Waals surface area contributed by atoms with E-state index in [0.717, 1.165) is 38.1 Å². The van der Waals surface area contributed by atoms with E-state index in [1.807, 2.05) is 30.5 Å². The molecule has 2 aromatic heterocycles. The Kier molecular flexibility index (Phi) is 7.36. The zero-order valence-corrected chi connectivity index (χ0v) is 22.7. The van der Waals surface area contributed by atoms with Gasteiger partial charge in [-0.25, -0.2) is 4.39 Å². The molecule has 0 fully saturated rings. The summed E-state index contributed by atoms with van der Waals surface area (Å²) in [4.78, 5) is 30.8. The summed E-state index contributed by atoms with van der Waals surface area (Å²) in [5.74, 6) is -1.01. The second-order valence-corrected chi connectivity index (χ2v) is 11.1. The van der Waals surface area contributed by atoms with E-state index in [1.54, 1.807) is 23.5 Å². The monoisotopic (exact) mass is 602 g/mol. The number of amides is 1. The van der Waals surface area contributed by atoms with E-state index in [9.17, 15) is 14.0 Å².